The second-order valence-electron chi connectivity index (χ2n) is 3.86. The molecule has 0 spiro atoms. The molecule has 1 N–H and O–H groups in total. The monoisotopic (exact) mass is 329 g/mol. The average molecular weight is 331 g/mol. The molecular weight excluding hydrogens is 318 g/mol. The number of halogens is 2. The summed E-state index contributed by atoms with van der Waals surface area (Å²) >= 11 is 11.4. The lowest BCUT2D eigenvalue weighted by atomic mass is 10.1. The Kier molecular flexibility index (Phi) is 4.62. The maximum Gasteiger partial charge on any atom is 0.0453 e. The predicted octanol–water partition coefficient (Wildman–Crippen LogP) is 5.01. The average Bonchev–Trinajstić information content (AvgIpc) is 2.73. The molecule has 0 fully saturated rings. The highest BCUT2D eigenvalue weighted by Gasteiger charge is 2.08. The van der Waals surface area contributed by atoms with Crippen LogP contribution in [-0.4, -0.2) is 0 Å². The molecule has 17 heavy (non-hydrogen) atoms. The molecule has 2 rings (SSSR count). The molecule has 0 amide bonds. The van der Waals surface area contributed by atoms with E-state index in [1.165, 1.54) is 4.88 Å². The van der Waals surface area contributed by atoms with Crippen molar-refractivity contribution in [3.05, 3.63) is 55.6 Å². The van der Waals surface area contributed by atoms with Gasteiger partial charge in [0, 0.05) is 32.3 Å². The van der Waals surface area contributed by atoms with Crippen LogP contribution in [0.4, 0.5) is 0 Å². The fourth-order valence-electron chi connectivity index (χ4n) is 1.64. The lowest BCUT2D eigenvalue weighted by molar-refractivity contribution is 0.579. The summed E-state index contributed by atoms with van der Waals surface area (Å²) in [6.45, 7) is 2.99. The molecule has 0 saturated carbocycles. The minimum Gasteiger partial charge on any atom is -0.305 e. The zero-order chi connectivity index (χ0) is 12.3. The molecule has 0 radical (unpaired) electrons. The molecule has 0 aliphatic heterocycles. The molecule has 4 heteroatoms. The van der Waals surface area contributed by atoms with Gasteiger partial charge in [0.25, 0.3) is 0 Å². The Morgan fingerprint density at radius 2 is 2.18 bits per heavy atom. The SMILES string of the molecule is CC(NCc1cc(Br)cs1)c1ccccc1Cl. The molecular formula is C13H13BrClNS. The molecule has 0 aliphatic carbocycles. The van der Waals surface area contributed by atoms with Crippen LogP contribution < -0.4 is 5.32 Å². The van der Waals surface area contributed by atoms with Gasteiger partial charge in [0.05, 0.1) is 0 Å². The van der Waals surface area contributed by atoms with Gasteiger partial charge in [-0.05, 0) is 40.5 Å². The minimum absolute atomic E-state index is 0.254. The maximum absolute atomic E-state index is 6.16. The number of nitrogens with one attached hydrogen (secondary N) is 1. The van der Waals surface area contributed by atoms with E-state index < -0.39 is 0 Å². The van der Waals surface area contributed by atoms with Gasteiger partial charge in [-0.2, -0.15) is 0 Å². The van der Waals surface area contributed by atoms with Crippen molar-refractivity contribution in [3.63, 3.8) is 0 Å². The molecule has 90 valence electrons. The summed E-state index contributed by atoms with van der Waals surface area (Å²) < 4.78 is 1.14. The summed E-state index contributed by atoms with van der Waals surface area (Å²) in [5, 5.41) is 6.39. The molecule has 2 aromatic rings. The van der Waals surface area contributed by atoms with E-state index in [9.17, 15) is 0 Å². The van der Waals surface area contributed by atoms with Gasteiger partial charge in [0.2, 0.25) is 0 Å². The molecule has 1 unspecified atom stereocenters. The van der Waals surface area contributed by atoms with Crippen LogP contribution in [0.15, 0.2) is 40.2 Å². The highest BCUT2D eigenvalue weighted by Crippen LogP contribution is 2.24. The Bertz CT molecular complexity index is 498. The lowest BCUT2D eigenvalue weighted by Crippen LogP contribution is -2.17. The molecule has 0 aliphatic rings. The van der Waals surface area contributed by atoms with Crippen molar-refractivity contribution >= 4 is 38.9 Å². The summed E-state index contributed by atoms with van der Waals surface area (Å²) in [5.41, 5.74) is 1.14. The first kappa shape index (κ1) is 13.1. The van der Waals surface area contributed by atoms with Crippen LogP contribution in [0.1, 0.15) is 23.4 Å². The van der Waals surface area contributed by atoms with E-state index in [1.807, 2.05) is 18.2 Å². The number of benzene rings is 1. The second kappa shape index (κ2) is 6.01. The quantitative estimate of drug-likeness (QED) is 0.830. The Morgan fingerprint density at radius 3 is 2.82 bits per heavy atom. The van der Waals surface area contributed by atoms with Crippen LogP contribution in [0.5, 0.6) is 0 Å². The Morgan fingerprint density at radius 1 is 1.41 bits per heavy atom. The minimum atomic E-state index is 0.254. The zero-order valence-corrected chi connectivity index (χ0v) is 12.6. The van der Waals surface area contributed by atoms with Crippen molar-refractivity contribution in [2.45, 2.75) is 19.5 Å². The van der Waals surface area contributed by atoms with Crippen molar-refractivity contribution in [2.24, 2.45) is 0 Å². The van der Waals surface area contributed by atoms with E-state index in [4.69, 9.17) is 11.6 Å². The first-order chi connectivity index (χ1) is 8.16. The van der Waals surface area contributed by atoms with Crippen LogP contribution in [0.3, 0.4) is 0 Å². The van der Waals surface area contributed by atoms with Crippen LogP contribution in [-0.2, 0) is 6.54 Å². The standard InChI is InChI=1S/C13H13BrClNS/c1-9(12-4-2-3-5-13(12)15)16-7-11-6-10(14)8-17-11/h2-6,8-9,16H,7H2,1H3. The van der Waals surface area contributed by atoms with Crippen molar-refractivity contribution in [1.29, 1.82) is 0 Å². The Hall–Kier alpha value is -0.350. The van der Waals surface area contributed by atoms with E-state index >= 15 is 0 Å². The number of hydrogen-bond acceptors (Lipinski definition) is 2. The Labute approximate surface area is 119 Å². The summed E-state index contributed by atoms with van der Waals surface area (Å²) in [7, 11) is 0. The zero-order valence-electron chi connectivity index (χ0n) is 9.41. The van der Waals surface area contributed by atoms with Crippen LogP contribution in [0, 0.1) is 0 Å². The third kappa shape index (κ3) is 3.55. The molecule has 1 atom stereocenters. The van der Waals surface area contributed by atoms with Crippen molar-refractivity contribution < 1.29 is 0 Å². The van der Waals surface area contributed by atoms with E-state index in [-0.39, 0.29) is 6.04 Å². The molecule has 0 saturated heterocycles. The molecule has 1 aromatic heterocycles. The highest BCUT2D eigenvalue weighted by molar-refractivity contribution is 9.10. The van der Waals surface area contributed by atoms with Crippen molar-refractivity contribution in [2.75, 3.05) is 0 Å². The van der Waals surface area contributed by atoms with Crippen LogP contribution in [0.25, 0.3) is 0 Å². The van der Waals surface area contributed by atoms with Crippen LogP contribution >= 0.6 is 38.9 Å². The summed E-state index contributed by atoms with van der Waals surface area (Å²) in [6.07, 6.45) is 0. The third-order valence-electron chi connectivity index (χ3n) is 2.58. The molecule has 1 nitrogen and oxygen atoms in total. The summed E-state index contributed by atoms with van der Waals surface area (Å²) in [6, 6.07) is 10.3. The van der Waals surface area contributed by atoms with Gasteiger partial charge in [-0.3, -0.25) is 0 Å². The largest absolute Gasteiger partial charge is 0.305 e. The van der Waals surface area contributed by atoms with E-state index in [0.29, 0.717) is 0 Å². The normalized spacial score (nSPS) is 12.6. The number of hydrogen-bond donors (Lipinski definition) is 1. The second-order valence-corrected chi connectivity index (χ2v) is 6.17. The fourth-order valence-corrected chi connectivity index (χ4v) is 3.34. The lowest BCUT2D eigenvalue weighted by Gasteiger charge is -2.14. The smallest absolute Gasteiger partial charge is 0.0453 e. The first-order valence-corrected chi connectivity index (χ1v) is 7.42. The molecule has 0 bridgehead atoms. The number of rotatable bonds is 4. The number of thiophene rings is 1. The molecule has 1 aromatic carbocycles. The van der Waals surface area contributed by atoms with Crippen LogP contribution in [0.2, 0.25) is 5.02 Å². The Balaban J connectivity index is 1.98. The highest BCUT2D eigenvalue weighted by atomic mass is 79.9. The molecule has 1 heterocycles. The fraction of sp³-hybridized carbons (Fsp3) is 0.231. The van der Waals surface area contributed by atoms with Gasteiger partial charge in [-0.1, -0.05) is 29.8 Å². The van der Waals surface area contributed by atoms with E-state index in [0.717, 1.165) is 21.6 Å². The van der Waals surface area contributed by atoms with Gasteiger partial charge >= 0.3 is 0 Å². The van der Waals surface area contributed by atoms with E-state index in [2.05, 4.69) is 45.7 Å². The van der Waals surface area contributed by atoms with Gasteiger partial charge < -0.3 is 5.32 Å². The van der Waals surface area contributed by atoms with E-state index in [1.54, 1.807) is 11.3 Å². The summed E-state index contributed by atoms with van der Waals surface area (Å²) in [4.78, 5) is 1.32. The summed E-state index contributed by atoms with van der Waals surface area (Å²) in [5.74, 6) is 0. The van der Waals surface area contributed by atoms with Gasteiger partial charge in [-0.15, -0.1) is 11.3 Å². The van der Waals surface area contributed by atoms with Gasteiger partial charge in [0.15, 0.2) is 0 Å². The van der Waals surface area contributed by atoms with Gasteiger partial charge in [0.1, 0.15) is 0 Å². The predicted molar refractivity (Wildman–Crippen MR) is 78.7 cm³/mol. The third-order valence-corrected chi connectivity index (χ3v) is 4.62. The maximum atomic E-state index is 6.16. The topological polar surface area (TPSA) is 12.0 Å². The van der Waals surface area contributed by atoms with Gasteiger partial charge in [-0.25, -0.2) is 0 Å². The first-order valence-electron chi connectivity index (χ1n) is 5.37. The van der Waals surface area contributed by atoms with Crippen molar-refractivity contribution in [3.8, 4) is 0 Å². The van der Waals surface area contributed by atoms with Crippen molar-refractivity contribution in [1.82, 2.24) is 5.32 Å².